The minimum absolute atomic E-state index is 0.263. The zero-order chi connectivity index (χ0) is 13.1. The molecule has 16 heavy (non-hydrogen) atoms. The van der Waals surface area contributed by atoms with Crippen molar-refractivity contribution in [2.45, 2.75) is 39.2 Å². The van der Waals surface area contributed by atoms with Gasteiger partial charge in [-0.1, -0.05) is 27.4 Å². The monoisotopic (exact) mass is 240 g/mol. The van der Waals surface area contributed by atoms with Gasteiger partial charge in [-0.25, -0.2) is 18.0 Å². The van der Waals surface area contributed by atoms with Crippen molar-refractivity contribution >= 4 is 5.97 Å². The summed E-state index contributed by atoms with van der Waals surface area (Å²) in [4.78, 5) is 10.8. The Kier molecular flexibility index (Phi) is 4.55. The highest BCUT2D eigenvalue weighted by Gasteiger charge is 2.46. The van der Waals surface area contributed by atoms with Crippen LogP contribution in [0.1, 0.15) is 20.8 Å². The van der Waals surface area contributed by atoms with Crippen LogP contribution in [0.15, 0.2) is 12.7 Å². The number of hydrogen-bond donors (Lipinski definition) is 1. The summed E-state index contributed by atoms with van der Waals surface area (Å²) in [7, 11) is 0. The quantitative estimate of drug-likeness (QED) is 0.751. The lowest BCUT2D eigenvalue weighted by atomic mass is 9.89. The van der Waals surface area contributed by atoms with Crippen LogP contribution in [-0.2, 0) is 9.53 Å². The van der Waals surface area contributed by atoms with Crippen molar-refractivity contribution in [3.8, 4) is 0 Å². The van der Waals surface area contributed by atoms with E-state index in [-0.39, 0.29) is 6.08 Å². The Labute approximate surface area is 91.9 Å². The van der Waals surface area contributed by atoms with E-state index < -0.39 is 29.8 Å². The van der Waals surface area contributed by atoms with Gasteiger partial charge in [-0.05, 0) is 11.5 Å². The molecule has 0 amide bonds. The summed E-state index contributed by atoms with van der Waals surface area (Å²) >= 11 is 0. The third kappa shape index (κ3) is 3.52. The van der Waals surface area contributed by atoms with Crippen molar-refractivity contribution in [3.63, 3.8) is 0 Å². The summed E-state index contributed by atoms with van der Waals surface area (Å²) in [5.74, 6) is -4.95. The van der Waals surface area contributed by atoms with Crippen LogP contribution in [0.2, 0.25) is 0 Å². The molecule has 0 aliphatic carbocycles. The molecular formula is C10H15F3O3. The highest BCUT2D eigenvalue weighted by Crippen LogP contribution is 2.32. The van der Waals surface area contributed by atoms with Gasteiger partial charge in [-0.2, -0.15) is 0 Å². The van der Waals surface area contributed by atoms with E-state index in [9.17, 15) is 18.0 Å². The second kappa shape index (κ2) is 4.86. The fourth-order valence-electron chi connectivity index (χ4n) is 0.967. The molecule has 0 aromatic carbocycles. The Balaban J connectivity index is 5.02. The molecule has 0 bridgehead atoms. The van der Waals surface area contributed by atoms with Crippen LogP contribution in [0, 0.1) is 5.41 Å². The van der Waals surface area contributed by atoms with Gasteiger partial charge >= 0.3 is 5.97 Å². The van der Waals surface area contributed by atoms with E-state index in [2.05, 4.69) is 11.3 Å². The fourth-order valence-corrected chi connectivity index (χ4v) is 0.967. The maximum Gasteiger partial charge on any atom is 0.333 e. The number of aliphatic carboxylic acids is 1. The van der Waals surface area contributed by atoms with Gasteiger partial charge in [-0.3, -0.25) is 0 Å². The summed E-state index contributed by atoms with van der Waals surface area (Å²) in [5, 5.41) is 8.78. The van der Waals surface area contributed by atoms with Crippen LogP contribution >= 0.6 is 0 Å². The topological polar surface area (TPSA) is 46.5 Å². The SMILES string of the molecule is C=C[C@@](F)(OC(C(=O)O)C(C)(C)C)C(F)F. The molecule has 0 rings (SSSR count). The molecule has 0 fully saturated rings. The average molecular weight is 240 g/mol. The van der Waals surface area contributed by atoms with Crippen LogP contribution in [-0.4, -0.2) is 29.5 Å². The molecule has 2 atom stereocenters. The van der Waals surface area contributed by atoms with Gasteiger partial charge in [0.25, 0.3) is 12.3 Å². The second-order valence-electron chi connectivity index (χ2n) is 4.40. The van der Waals surface area contributed by atoms with Gasteiger partial charge in [0.2, 0.25) is 0 Å². The minimum Gasteiger partial charge on any atom is -0.479 e. The van der Waals surface area contributed by atoms with E-state index in [0.717, 1.165) is 0 Å². The van der Waals surface area contributed by atoms with Crippen LogP contribution in [0.25, 0.3) is 0 Å². The Morgan fingerprint density at radius 1 is 1.44 bits per heavy atom. The van der Waals surface area contributed by atoms with Crippen molar-refractivity contribution in [2.75, 3.05) is 0 Å². The maximum atomic E-state index is 13.4. The lowest BCUT2D eigenvalue weighted by Crippen LogP contribution is -2.46. The third-order valence-electron chi connectivity index (χ3n) is 1.89. The average Bonchev–Trinajstić information content (AvgIpc) is 2.11. The lowest BCUT2D eigenvalue weighted by molar-refractivity contribution is -0.235. The molecule has 0 spiro atoms. The molecule has 1 unspecified atom stereocenters. The second-order valence-corrected chi connectivity index (χ2v) is 4.40. The number of rotatable bonds is 5. The van der Waals surface area contributed by atoms with Gasteiger partial charge in [0.05, 0.1) is 0 Å². The predicted octanol–water partition coefficient (Wildman–Crippen LogP) is 2.62. The first-order valence-electron chi connectivity index (χ1n) is 4.56. The Morgan fingerprint density at radius 2 is 1.88 bits per heavy atom. The highest BCUT2D eigenvalue weighted by molar-refractivity contribution is 5.73. The van der Waals surface area contributed by atoms with Gasteiger partial charge in [0, 0.05) is 0 Å². The molecule has 6 heteroatoms. The van der Waals surface area contributed by atoms with Crippen molar-refractivity contribution < 1.29 is 27.8 Å². The number of carboxylic acid groups (broad SMARTS) is 1. The standard InChI is InChI=1S/C10H15F3O3/c1-5-10(13,8(11)12)16-6(7(14)15)9(2,3)4/h5-6,8H,1H2,2-4H3,(H,14,15)/t6?,10-/m1/s1. The normalized spacial score (nSPS) is 17.9. The van der Waals surface area contributed by atoms with Crippen LogP contribution < -0.4 is 0 Å². The van der Waals surface area contributed by atoms with Crippen molar-refractivity contribution in [2.24, 2.45) is 5.41 Å². The fraction of sp³-hybridized carbons (Fsp3) is 0.700. The summed E-state index contributed by atoms with van der Waals surface area (Å²) in [5.41, 5.74) is -1.01. The molecule has 94 valence electrons. The number of carboxylic acids is 1. The zero-order valence-corrected chi connectivity index (χ0v) is 9.34. The molecule has 0 aliphatic heterocycles. The molecule has 0 radical (unpaired) electrons. The third-order valence-corrected chi connectivity index (χ3v) is 1.89. The van der Waals surface area contributed by atoms with E-state index in [4.69, 9.17) is 5.11 Å². The molecule has 3 nitrogen and oxygen atoms in total. The number of hydrogen-bond acceptors (Lipinski definition) is 2. The lowest BCUT2D eigenvalue weighted by Gasteiger charge is -2.32. The summed E-state index contributed by atoms with van der Waals surface area (Å²) < 4.78 is 42.4. The number of carbonyl (C=O) groups is 1. The Morgan fingerprint density at radius 3 is 2.06 bits per heavy atom. The zero-order valence-electron chi connectivity index (χ0n) is 9.34. The Bertz CT molecular complexity index is 273. The maximum absolute atomic E-state index is 13.4. The van der Waals surface area contributed by atoms with Gasteiger partial charge in [0.15, 0.2) is 6.10 Å². The molecule has 0 saturated carbocycles. The Hall–Kier alpha value is -1.04. The first-order valence-corrected chi connectivity index (χ1v) is 4.56. The molecule has 0 heterocycles. The highest BCUT2D eigenvalue weighted by atomic mass is 19.3. The first-order chi connectivity index (χ1) is 7.04. The number of alkyl halides is 3. The number of ether oxygens (including phenoxy) is 1. The van der Waals surface area contributed by atoms with E-state index in [1.54, 1.807) is 0 Å². The predicted molar refractivity (Wildman–Crippen MR) is 52.0 cm³/mol. The molecule has 1 N–H and O–H groups in total. The molecule has 0 aromatic rings. The molecular weight excluding hydrogens is 225 g/mol. The van der Waals surface area contributed by atoms with Crippen molar-refractivity contribution in [1.29, 1.82) is 0 Å². The van der Waals surface area contributed by atoms with Crippen LogP contribution in [0.5, 0.6) is 0 Å². The van der Waals surface area contributed by atoms with Crippen molar-refractivity contribution in [1.82, 2.24) is 0 Å². The van der Waals surface area contributed by atoms with Crippen molar-refractivity contribution in [3.05, 3.63) is 12.7 Å². The van der Waals surface area contributed by atoms with E-state index in [1.807, 2.05) is 0 Å². The minimum atomic E-state index is -3.49. The smallest absolute Gasteiger partial charge is 0.333 e. The van der Waals surface area contributed by atoms with Gasteiger partial charge in [-0.15, -0.1) is 0 Å². The molecule has 0 saturated heterocycles. The molecule has 0 aromatic heterocycles. The molecule has 0 aliphatic rings. The van der Waals surface area contributed by atoms with Gasteiger partial charge < -0.3 is 9.84 Å². The van der Waals surface area contributed by atoms with Crippen LogP contribution in [0.4, 0.5) is 13.2 Å². The largest absolute Gasteiger partial charge is 0.479 e. The van der Waals surface area contributed by atoms with E-state index >= 15 is 0 Å². The summed E-state index contributed by atoms with van der Waals surface area (Å²) in [6, 6.07) is 0. The summed E-state index contributed by atoms with van der Waals surface area (Å²) in [6.07, 6.45) is -4.92. The van der Waals surface area contributed by atoms with E-state index in [1.165, 1.54) is 20.8 Å². The first kappa shape index (κ1) is 15.0. The van der Waals surface area contributed by atoms with E-state index in [0.29, 0.717) is 0 Å². The number of halogens is 3. The van der Waals surface area contributed by atoms with Gasteiger partial charge in [0.1, 0.15) is 0 Å². The van der Waals surface area contributed by atoms with Crippen LogP contribution in [0.3, 0.4) is 0 Å². The summed E-state index contributed by atoms with van der Waals surface area (Å²) in [6.45, 7) is 7.21.